The quantitative estimate of drug-likeness (QED) is 0.237. The number of nitrogens with zero attached hydrogens (tertiary/aromatic N) is 1. The Morgan fingerprint density at radius 1 is 0.800 bits per heavy atom. The summed E-state index contributed by atoms with van der Waals surface area (Å²) in [5.74, 6) is -2.84. The molecule has 0 aliphatic rings. The summed E-state index contributed by atoms with van der Waals surface area (Å²) in [6, 6.07) is 12.9. The van der Waals surface area contributed by atoms with Crippen molar-refractivity contribution in [1.82, 2.24) is 0 Å². The molecular weight excluding hydrogens is 525 g/mol. The van der Waals surface area contributed by atoms with E-state index in [0.29, 0.717) is 46.7 Å². The number of aliphatic carboxylic acids is 1. The molecule has 0 aliphatic heterocycles. The summed E-state index contributed by atoms with van der Waals surface area (Å²) in [5, 5.41) is 10.1. The van der Waals surface area contributed by atoms with Crippen LogP contribution in [-0.4, -0.2) is 18.1 Å². The molecule has 3 rings (SSSR count). The van der Waals surface area contributed by atoms with Crippen molar-refractivity contribution in [3.05, 3.63) is 89.0 Å². The SMILES string of the molecule is CC(C)CCC(c1cc(F)cc(F)c1)N(C)c1cc(-c2ccc(C(F)(F)F)cc2)cc(C(CC(C)C)C(=O)O)c1. The molecule has 40 heavy (non-hydrogen) atoms. The van der Waals surface area contributed by atoms with Crippen molar-refractivity contribution in [2.24, 2.45) is 11.8 Å². The first-order chi connectivity index (χ1) is 18.6. The summed E-state index contributed by atoms with van der Waals surface area (Å²) in [5.41, 5.74) is 1.81. The number of carbonyl (C=O) groups is 1. The summed E-state index contributed by atoms with van der Waals surface area (Å²) in [4.78, 5) is 14.2. The van der Waals surface area contributed by atoms with Gasteiger partial charge >= 0.3 is 12.1 Å². The van der Waals surface area contributed by atoms with Gasteiger partial charge in [-0.05, 0) is 89.8 Å². The van der Waals surface area contributed by atoms with E-state index in [9.17, 15) is 31.9 Å². The van der Waals surface area contributed by atoms with E-state index in [2.05, 4.69) is 13.8 Å². The van der Waals surface area contributed by atoms with Gasteiger partial charge < -0.3 is 10.0 Å². The first kappa shape index (κ1) is 31.1. The van der Waals surface area contributed by atoms with Crippen LogP contribution in [0.15, 0.2) is 60.7 Å². The Morgan fingerprint density at radius 3 is 1.90 bits per heavy atom. The zero-order valence-electron chi connectivity index (χ0n) is 23.4. The maximum Gasteiger partial charge on any atom is 0.416 e. The van der Waals surface area contributed by atoms with E-state index in [4.69, 9.17) is 0 Å². The molecule has 0 spiro atoms. The lowest BCUT2D eigenvalue weighted by molar-refractivity contribution is -0.139. The number of anilines is 1. The molecular formula is C32H36F5NO2. The van der Waals surface area contributed by atoms with Crippen molar-refractivity contribution in [3.8, 4) is 11.1 Å². The van der Waals surface area contributed by atoms with E-state index in [1.807, 2.05) is 18.7 Å². The number of halogens is 5. The average Bonchev–Trinajstić information content (AvgIpc) is 2.85. The summed E-state index contributed by atoms with van der Waals surface area (Å²) in [6.07, 6.45) is -2.78. The maximum absolute atomic E-state index is 14.2. The Balaban J connectivity index is 2.18. The van der Waals surface area contributed by atoms with Crippen LogP contribution in [0.3, 0.4) is 0 Å². The van der Waals surface area contributed by atoms with Crippen LogP contribution in [0.4, 0.5) is 27.6 Å². The van der Waals surface area contributed by atoms with Crippen molar-refractivity contribution in [2.75, 3.05) is 11.9 Å². The lowest BCUT2D eigenvalue weighted by atomic mass is 9.87. The van der Waals surface area contributed by atoms with Crippen molar-refractivity contribution >= 4 is 11.7 Å². The van der Waals surface area contributed by atoms with Crippen molar-refractivity contribution in [3.63, 3.8) is 0 Å². The minimum atomic E-state index is -4.48. The highest BCUT2D eigenvalue weighted by molar-refractivity contribution is 5.79. The van der Waals surface area contributed by atoms with E-state index >= 15 is 0 Å². The van der Waals surface area contributed by atoms with E-state index in [1.165, 1.54) is 24.3 Å². The molecule has 0 bridgehead atoms. The van der Waals surface area contributed by atoms with Crippen LogP contribution in [-0.2, 0) is 11.0 Å². The molecule has 1 N–H and O–H groups in total. The van der Waals surface area contributed by atoms with Gasteiger partial charge in [-0.3, -0.25) is 4.79 Å². The number of carboxylic acid groups (broad SMARTS) is 1. The Labute approximate surface area is 232 Å². The van der Waals surface area contributed by atoms with Crippen LogP contribution < -0.4 is 4.90 Å². The Kier molecular flexibility index (Phi) is 9.98. The van der Waals surface area contributed by atoms with E-state index in [0.717, 1.165) is 24.6 Å². The second-order valence-corrected chi connectivity index (χ2v) is 11.2. The van der Waals surface area contributed by atoms with Crippen molar-refractivity contribution in [1.29, 1.82) is 0 Å². The van der Waals surface area contributed by atoms with Gasteiger partial charge in [0.15, 0.2) is 0 Å². The molecule has 0 aliphatic carbocycles. The average molecular weight is 562 g/mol. The van der Waals surface area contributed by atoms with Crippen molar-refractivity contribution < 1.29 is 31.9 Å². The minimum Gasteiger partial charge on any atom is -0.481 e. The van der Waals surface area contributed by atoms with Gasteiger partial charge in [0.05, 0.1) is 17.5 Å². The largest absolute Gasteiger partial charge is 0.481 e. The molecule has 0 saturated heterocycles. The first-order valence-corrected chi connectivity index (χ1v) is 13.4. The molecule has 2 unspecified atom stereocenters. The number of carboxylic acids is 1. The second kappa shape index (κ2) is 12.8. The number of benzene rings is 3. The maximum atomic E-state index is 14.2. The van der Waals surface area contributed by atoms with Crippen LogP contribution in [0.1, 0.15) is 75.6 Å². The minimum absolute atomic E-state index is 0.0751. The summed E-state index contributed by atoms with van der Waals surface area (Å²) in [6.45, 7) is 7.94. The molecule has 2 atom stereocenters. The van der Waals surface area contributed by atoms with E-state index in [1.54, 1.807) is 25.2 Å². The van der Waals surface area contributed by atoms with Gasteiger partial charge in [0.2, 0.25) is 0 Å². The topological polar surface area (TPSA) is 40.5 Å². The molecule has 8 heteroatoms. The third kappa shape index (κ3) is 8.05. The molecule has 3 aromatic rings. The van der Waals surface area contributed by atoms with Crippen molar-refractivity contribution in [2.45, 2.75) is 65.1 Å². The van der Waals surface area contributed by atoms with Gasteiger partial charge in [-0.2, -0.15) is 13.2 Å². The summed E-state index contributed by atoms with van der Waals surface area (Å²) in [7, 11) is 1.78. The smallest absolute Gasteiger partial charge is 0.416 e. The number of rotatable bonds is 11. The van der Waals surface area contributed by atoms with Gasteiger partial charge in [0, 0.05) is 18.8 Å². The zero-order chi connectivity index (χ0) is 29.8. The fourth-order valence-electron chi connectivity index (χ4n) is 4.93. The molecule has 0 amide bonds. The highest BCUT2D eigenvalue weighted by Crippen LogP contribution is 2.38. The highest BCUT2D eigenvalue weighted by Gasteiger charge is 2.30. The standard InChI is InChI=1S/C32H36F5NO2/c1-19(2)6-11-30(24-14-26(33)18-27(34)15-24)38(5)28-16-22(21-7-9-25(10-8-21)32(35,36)37)13-23(17-28)29(31(39)40)12-20(3)4/h7-10,13-20,29-30H,6,11-12H2,1-5H3,(H,39,40). The summed E-state index contributed by atoms with van der Waals surface area (Å²) >= 11 is 0. The Bertz CT molecular complexity index is 1280. The monoisotopic (exact) mass is 561 g/mol. The molecule has 3 aromatic carbocycles. The molecule has 0 heterocycles. The van der Waals surface area contributed by atoms with Crippen LogP contribution in [0.2, 0.25) is 0 Å². The van der Waals surface area contributed by atoms with Gasteiger partial charge in [-0.25, -0.2) is 8.78 Å². The molecule has 3 nitrogen and oxygen atoms in total. The highest BCUT2D eigenvalue weighted by atomic mass is 19.4. The molecule has 0 saturated carbocycles. The fourth-order valence-corrected chi connectivity index (χ4v) is 4.93. The van der Waals surface area contributed by atoms with Crippen LogP contribution >= 0.6 is 0 Å². The van der Waals surface area contributed by atoms with Crippen LogP contribution in [0.25, 0.3) is 11.1 Å². The zero-order valence-corrected chi connectivity index (χ0v) is 23.4. The Morgan fingerprint density at radius 2 is 1.40 bits per heavy atom. The molecule has 0 radical (unpaired) electrons. The number of hydrogen-bond donors (Lipinski definition) is 1. The Hall–Kier alpha value is -3.42. The van der Waals surface area contributed by atoms with Gasteiger partial charge in [-0.1, -0.05) is 45.9 Å². The first-order valence-electron chi connectivity index (χ1n) is 13.4. The van der Waals surface area contributed by atoms with Gasteiger partial charge in [0.25, 0.3) is 0 Å². The molecule has 0 fully saturated rings. The van der Waals surface area contributed by atoms with Crippen LogP contribution in [0, 0.1) is 23.5 Å². The predicted octanol–water partition coefficient (Wildman–Crippen LogP) is 9.48. The third-order valence-electron chi connectivity index (χ3n) is 7.06. The third-order valence-corrected chi connectivity index (χ3v) is 7.06. The summed E-state index contributed by atoms with van der Waals surface area (Å²) < 4.78 is 68.0. The fraction of sp³-hybridized carbons (Fsp3) is 0.406. The lowest BCUT2D eigenvalue weighted by Crippen LogP contribution is -2.25. The van der Waals surface area contributed by atoms with Gasteiger partial charge in [-0.15, -0.1) is 0 Å². The van der Waals surface area contributed by atoms with E-state index in [-0.39, 0.29) is 5.92 Å². The second-order valence-electron chi connectivity index (χ2n) is 11.2. The lowest BCUT2D eigenvalue weighted by Gasteiger charge is -2.32. The van der Waals surface area contributed by atoms with Crippen LogP contribution in [0.5, 0.6) is 0 Å². The number of hydrogen-bond acceptors (Lipinski definition) is 2. The molecule has 0 aromatic heterocycles. The van der Waals surface area contributed by atoms with E-state index < -0.39 is 41.3 Å². The van der Waals surface area contributed by atoms with Gasteiger partial charge in [0.1, 0.15) is 11.6 Å². The normalized spacial score (nSPS) is 13.5. The molecule has 216 valence electrons. The predicted molar refractivity (Wildman–Crippen MR) is 148 cm³/mol. The number of alkyl halides is 3.